The van der Waals surface area contributed by atoms with Gasteiger partial charge in [-0.1, -0.05) is 19.1 Å². The average Bonchev–Trinajstić information content (AvgIpc) is 2.90. The monoisotopic (exact) mass is 293 g/mol. The van der Waals surface area contributed by atoms with Crippen LogP contribution in [0.5, 0.6) is 5.75 Å². The Kier molecular flexibility index (Phi) is 5.50. The highest BCUT2D eigenvalue weighted by Gasteiger charge is 2.15. The number of methoxy groups -OCH3 is 1. The SMILES string of the molecule is CCCNC(Cc1cccc(OC)c1)c1ccc(Cl)o1. The van der Waals surface area contributed by atoms with Crippen LogP contribution in [0.25, 0.3) is 0 Å². The quantitative estimate of drug-likeness (QED) is 0.830. The fraction of sp³-hybridized carbons (Fsp3) is 0.375. The summed E-state index contributed by atoms with van der Waals surface area (Å²) in [7, 11) is 1.68. The van der Waals surface area contributed by atoms with Crippen LogP contribution in [0.15, 0.2) is 40.8 Å². The van der Waals surface area contributed by atoms with Crippen molar-refractivity contribution in [3.05, 3.63) is 52.9 Å². The minimum absolute atomic E-state index is 0.120. The molecule has 0 bridgehead atoms. The van der Waals surface area contributed by atoms with E-state index in [0.29, 0.717) is 5.22 Å². The molecule has 4 heteroatoms. The molecule has 108 valence electrons. The van der Waals surface area contributed by atoms with E-state index in [1.54, 1.807) is 13.2 Å². The minimum Gasteiger partial charge on any atom is -0.497 e. The van der Waals surface area contributed by atoms with Crippen LogP contribution in [-0.4, -0.2) is 13.7 Å². The molecule has 1 atom stereocenters. The first-order valence-corrected chi connectivity index (χ1v) is 7.22. The van der Waals surface area contributed by atoms with Gasteiger partial charge in [-0.05, 0) is 60.8 Å². The van der Waals surface area contributed by atoms with Crippen LogP contribution in [0.4, 0.5) is 0 Å². The molecule has 1 N–H and O–H groups in total. The van der Waals surface area contributed by atoms with Crippen LogP contribution < -0.4 is 10.1 Å². The Morgan fingerprint density at radius 3 is 2.80 bits per heavy atom. The van der Waals surface area contributed by atoms with E-state index in [0.717, 1.165) is 30.9 Å². The molecule has 1 unspecified atom stereocenters. The highest BCUT2D eigenvalue weighted by Crippen LogP contribution is 2.24. The van der Waals surface area contributed by atoms with Gasteiger partial charge in [0.05, 0.1) is 13.2 Å². The topological polar surface area (TPSA) is 34.4 Å². The van der Waals surface area contributed by atoms with Gasteiger partial charge in [-0.25, -0.2) is 0 Å². The zero-order valence-corrected chi connectivity index (χ0v) is 12.6. The molecule has 0 aliphatic rings. The van der Waals surface area contributed by atoms with Crippen LogP contribution in [-0.2, 0) is 6.42 Å². The smallest absolute Gasteiger partial charge is 0.193 e. The molecule has 0 radical (unpaired) electrons. The summed E-state index contributed by atoms with van der Waals surface area (Å²) in [6, 6.07) is 11.9. The van der Waals surface area contributed by atoms with Crippen molar-refractivity contribution >= 4 is 11.6 Å². The van der Waals surface area contributed by atoms with Crippen LogP contribution in [0.1, 0.15) is 30.7 Å². The number of hydrogen-bond donors (Lipinski definition) is 1. The van der Waals surface area contributed by atoms with Gasteiger partial charge in [0, 0.05) is 0 Å². The maximum atomic E-state index is 5.87. The number of rotatable bonds is 7. The summed E-state index contributed by atoms with van der Waals surface area (Å²) in [5.74, 6) is 1.74. The molecule has 0 spiro atoms. The van der Waals surface area contributed by atoms with E-state index in [2.05, 4.69) is 18.3 Å². The Hall–Kier alpha value is -1.45. The van der Waals surface area contributed by atoms with E-state index < -0.39 is 0 Å². The third-order valence-corrected chi connectivity index (χ3v) is 3.36. The van der Waals surface area contributed by atoms with E-state index >= 15 is 0 Å². The van der Waals surface area contributed by atoms with Crippen molar-refractivity contribution in [2.45, 2.75) is 25.8 Å². The predicted molar refractivity (Wildman–Crippen MR) is 81.5 cm³/mol. The van der Waals surface area contributed by atoms with Crippen molar-refractivity contribution in [1.82, 2.24) is 5.32 Å². The zero-order valence-electron chi connectivity index (χ0n) is 11.9. The average molecular weight is 294 g/mol. The third kappa shape index (κ3) is 4.02. The Morgan fingerprint density at radius 2 is 2.15 bits per heavy atom. The normalized spacial score (nSPS) is 12.3. The van der Waals surface area contributed by atoms with Crippen LogP contribution in [0.3, 0.4) is 0 Å². The molecule has 0 amide bonds. The first kappa shape index (κ1) is 14.9. The van der Waals surface area contributed by atoms with Gasteiger partial charge in [-0.3, -0.25) is 0 Å². The van der Waals surface area contributed by atoms with Crippen molar-refractivity contribution < 1.29 is 9.15 Å². The van der Waals surface area contributed by atoms with Gasteiger partial charge in [-0.15, -0.1) is 0 Å². The van der Waals surface area contributed by atoms with Crippen molar-refractivity contribution in [2.75, 3.05) is 13.7 Å². The molecule has 0 saturated heterocycles. The second kappa shape index (κ2) is 7.36. The fourth-order valence-electron chi connectivity index (χ4n) is 2.14. The summed E-state index contributed by atoms with van der Waals surface area (Å²) in [5.41, 5.74) is 1.20. The van der Waals surface area contributed by atoms with E-state index in [4.69, 9.17) is 20.8 Å². The molecular formula is C16H20ClNO2. The Morgan fingerprint density at radius 1 is 1.30 bits per heavy atom. The van der Waals surface area contributed by atoms with E-state index in [9.17, 15) is 0 Å². The molecule has 0 fully saturated rings. The van der Waals surface area contributed by atoms with Gasteiger partial charge >= 0.3 is 0 Å². The summed E-state index contributed by atoms with van der Waals surface area (Å²) < 4.78 is 10.8. The third-order valence-electron chi connectivity index (χ3n) is 3.15. The number of ether oxygens (including phenoxy) is 1. The maximum absolute atomic E-state index is 5.87. The lowest BCUT2D eigenvalue weighted by atomic mass is 10.0. The molecule has 0 aliphatic heterocycles. The fourth-order valence-corrected chi connectivity index (χ4v) is 2.29. The van der Waals surface area contributed by atoms with Gasteiger partial charge in [0.25, 0.3) is 0 Å². The highest BCUT2D eigenvalue weighted by atomic mass is 35.5. The maximum Gasteiger partial charge on any atom is 0.193 e. The van der Waals surface area contributed by atoms with E-state index in [-0.39, 0.29) is 6.04 Å². The van der Waals surface area contributed by atoms with Gasteiger partial charge in [0.1, 0.15) is 11.5 Å². The zero-order chi connectivity index (χ0) is 14.4. The number of halogens is 1. The molecule has 0 saturated carbocycles. The summed E-state index contributed by atoms with van der Waals surface area (Å²) in [6.07, 6.45) is 1.91. The summed E-state index contributed by atoms with van der Waals surface area (Å²) in [4.78, 5) is 0. The lowest BCUT2D eigenvalue weighted by molar-refractivity contribution is 0.405. The number of benzene rings is 1. The van der Waals surface area contributed by atoms with Gasteiger partial charge in [0.2, 0.25) is 0 Å². The van der Waals surface area contributed by atoms with Crippen molar-refractivity contribution in [1.29, 1.82) is 0 Å². The van der Waals surface area contributed by atoms with E-state index in [1.165, 1.54) is 5.56 Å². The number of hydrogen-bond acceptors (Lipinski definition) is 3. The number of furan rings is 1. The summed E-state index contributed by atoms with van der Waals surface area (Å²) in [5, 5.41) is 3.92. The second-order valence-corrected chi connectivity index (χ2v) is 5.08. The van der Waals surface area contributed by atoms with E-state index in [1.807, 2.05) is 24.3 Å². The summed E-state index contributed by atoms with van der Waals surface area (Å²) >= 11 is 5.87. The molecule has 2 aromatic rings. The van der Waals surface area contributed by atoms with Crippen LogP contribution in [0, 0.1) is 0 Å². The molecule has 1 heterocycles. The lowest BCUT2D eigenvalue weighted by Crippen LogP contribution is -2.23. The molecule has 1 aromatic heterocycles. The van der Waals surface area contributed by atoms with Crippen LogP contribution >= 0.6 is 11.6 Å². The van der Waals surface area contributed by atoms with Crippen molar-refractivity contribution in [3.63, 3.8) is 0 Å². The van der Waals surface area contributed by atoms with Crippen molar-refractivity contribution in [2.24, 2.45) is 0 Å². The van der Waals surface area contributed by atoms with Gasteiger partial charge in [-0.2, -0.15) is 0 Å². The molecular weight excluding hydrogens is 274 g/mol. The molecule has 2 rings (SSSR count). The standard InChI is InChI=1S/C16H20ClNO2/c1-3-9-18-14(15-7-8-16(17)20-15)11-12-5-4-6-13(10-12)19-2/h4-8,10,14,18H,3,9,11H2,1-2H3. The number of nitrogens with one attached hydrogen (secondary N) is 1. The minimum atomic E-state index is 0.120. The van der Waals surface area contributed by atoms with Crippen LogP contribution in [0.2, 0.25) is 5.22 Å². The summed E-state index contributed by atoms with van der Waals surface area (Å²) in [6.45, 7) is 3.08. The Balaban J connectivity index is 2.14. The molecule has 0 aliphatic carbocycles. The Bertz CT molecular complexity index is 539. The second-order valence-electron chi connectivity index (χ2n) is 4.70. The lowest BCUT2D eigenvalue weighted by Gasteiger charge is -2.16. The predicted octanol–water partition coefficient (Wildman–Crippen LogP) is 4.23. The largest absolute Gasteiger partial charge is 0.497 e. The van der Waals surface area contributed by atoms with Gasteiger partial charge in [0.15, 0.2) is 5.22 Å². The first-order chi connectivity index (χ1) is 9.72. The van der Waals surface area contributed by atoms with Gasteiger partial charge < -0.3 is 14.5 Å². The molecule has 3 nitrogen and oxygen atoms in total. The first-order valence-electron chi connectivity index (χ1n) is 6.84. The highest BCUT2D eigenvalue weighted by molar-refractivity contribution is 6.28. The van der Waals surface area contributed by atoms with Crippen molar-refractivity contribution in [3.8, 4) is 5.75 Å². The Labute approximate surface area is 124 Å². The molecule has 1 aromatic carbocycles. The molecule has 20 heavy (non-hydrogen) atoms.